The van der Waals surface area contributed by atoms with Gasteiger partial charge in [0.2, 0.25) is 11.8 Å². The van der Waals surface area contributed by atoms with Crippen molar-refractivity contribution < 1.29 is 14.3 Å². The molecule has 104 valence electrons. The van der Waals surface area contributed by atoms with Gasteiger partial charge in [-0.1, -0.05) is 6.07 Å². The number of ether oxygens (including phenoxy) is 1. The number of carbonyl (C=O) groups excluding carboxylic acids is 2. The fraction of sp³-hybridized carbons (Fsp3) is 0.385. The van der Waals surface area contributed by atoms with Crippen LogP contribution in [0.2, 0.25) is 0 Å². The van der Waals surface area contributed by atoms with Crippen LogP contribution in [0.5, 0.6) is 5.75 Å². The Balaban J connectivity index is 2.37. The standard InChI is InChI=1S/C13H19N3O3/c1-9(14)13(18)15-6-7-19-12-5-3-4-11(8-12)16-10(2)17/h3-5,8-9H,6-7,14H2,1-2H3,(H,15,18)(H,16,17)/t9-/m0/s1. The minimum atomic E-state index is -0.525. The maximum atomic E-state index is 11.2. The van der Waals surface area contributed by atoms with Gasteiger partial charge < -0.3 is 21.1 Å². The summed E-state index contributed by atoms with van der Waals surface area (Å²) in [6.45, 7) is 3.77. The van der Waals surface area contributed by atoms with E-state index in [1.165, 1.54) is 6.92 Å². The lowest BCUT2D eigenvalue weighted by molar-refractivity contribution is -0.122. The average Bonchev–Trinajstić information content (AvgIpc) is 2.34. The maximum Gasteiger partial charge on any atom is 0.236 e. The summed E-state index contributed by atoms with van der Waals surface area (Å²) in [6.07, 6.45) is 0. The molecule has 0 saturated heterocycles. The monoisotopic (exact) mass is 265 g/mol. The van der Waals surface area contributed by atoms with Crippen molar-refractivity contribution >= 4 is 17.5 Å². The average molecular weight is 265 g/mol. The molecular formula is C13H19N3O3. The number of benzene rings is 1. The molecule has 1 aromatic rings. The van der Waals surface area contributed by atoms with E-state index in [0.717, 1.165) is 0 Å². The Labute approximate surface area is 112 Å². The Kier molecular flexibility index (Phi) is 5.81. The van der Waals surface area contributed by atoms with Gasteiger partial charge in [0.1, 0.15) is 12.4 Å². The van der Waals surface area contributed by atoms with Crippen molar-refractivity contribution in [3.05, 3.63) is 24.3 Å². The largest absolute Gasteiger partial charge is 0.492 e. The maximum absolute atomic E-state index is 11.2. The summed E-state index contributed by atoms with van der Waals surface area (Å²) in [6, 6.07) is 6.52. The lowest BCUT2D eigenvalue weighted by atomic mass is 10.3. The van der Waals surface area contributed by atoms with E-state index in [0.29, 0.717) is 24.6 Å². The van der Waals surface area contributed by atoms with Crippen molar-refractivity contribution in [1.29, 1.82) is 0 Å². The Morgan fingerprint density at radius 2 is 2.16 bits per heavy atom. The smallest absolute Gasteiger partial charge is 0.236 e. The summed E-state index contributed by atoms with van der Waals surface area (Å²) in [5.74, 6) is 0.276. The van der Waals surface area contributed by atoms with Gasteiger partial charge in [-0.25, -0.2) is 0 Å². The van der Waals surface area contributed by atoms with Crippen LogP contribution in [-0.2, 0) is 9.59 Å². The fourth-order valence-corrected chi connectivity index (χ4v) is 1.37. The van der Waals surface area contributed by atoms with Crippen LogP contribution < -0.4 is 21.1 Å². The molecule has 0 radical (unpaired) electrons. The molecule has 0 aliphatic heterocycles. The number of amides is 2. The molecule has 1 rings (SSSR count). The SMILES string of the molecule is CC(=O)Nc1cccc(OCCNC(=O)[C@H](C)N)c1. The van der Waals surface area contributed by atoms with Crippen molar-refractivity contribution in [3.8, 4) is 5.75 Å². The van der Waals surface area contributed by atoms with E-state index in [1.807, 2.05) is 0 Å². The third kappa shape index (κ3) is 5.87. The van der Waals surface area contributed by atoms with Crippen LogP contribution in [0.4, 0.5) is 5.69 Å². The van der Waals surface area contributed by atoms with Gasteiger partial charge in [-0.05, 0) is 19.1 Å². The highest BCUT2D eigenvalue weighted by molar-refractivity contribution is 5.88. The molecule has 0 fully saturated rings. The topological polar surface area (TPSA) is 93.5 Å². The van der Waals surface area contributed by atoms with Crippen molar-refractivity contribution in [2.45, 2.75) is 19.9 Å². The third-order valence-electron chi connectivity index (χ3n) is 2.24. The Bertz CT molecular complexity index is 447. The summed E-state index contributed by atoms with van der Waals surface area (Å²) in [5.41, 5.74) is 6.07. The molecule has 19 heavy (non-hydrogen) atoms. The molecule has 6 nitrogen and oxygen atoms in total. The highest BCUT2D eigenvalue weighted by Crippen LogP contribution is 2.16. The predicted octanol–water partition coefficient (Wildman–Crippen LogP) is 0.487. The van der Waals surface area contributed by atoms with E-state index in [2.05, 4.69) is 10.6 Å². The first-order chi connectivity index (χ1) is 8.99. The number of anilines is 1. The van der Waals surface area contributed by atoms with Crippen molar-refractivity contribution in [3.63, 3.8) is 0 Å². The zero-order valence-electron chi connectivity index (χ0n) is 11.1. The third-order valence-corrected chi connectivity index (χ3v) is 2.24. The van der Waals surface area contributed by atoms with Crippen molar-refractivity contribution in [2.75, 3.05) is 18.5 Å². The van der Waals surface area contributed by atoms with Crippen LogP contribution in [0.25, 0.3) is 0 Å². The molecule has 6 heteroatoms. The second kappa shape index (κ2) is 7.38. The first kappa shape index (κ1) is 15.0. The van der Waals surface area contributed by atoms with Gasteiger partial charge in [0.25, 0.3) is 0 Å². The van der Waals surface area contributed by atoms with Gasteiger partial charge in [0, 0.05) is 18.7 Å². The number of hydrogen-bond donors (Lipinski definition) is 3. The van der Waals surface area contributed by atoms with Gasteiger partial charge in [-0.3, -0.25) is 9.59 Å². The highest BCUT2D eigenvalue weighted by Gasteiger charge is 2.05. The first-order valence-electron chi connectivity index (χ1n) is 6.03. The normalized spacial score (nSPS) is 11.5. The summed E-state index contributed by atoms with van der Waals surface area (Å²) >= 11 is 0. The summed E-state index contributed by atoms with van der Waals surface area (Å²) in [7, 11) is 0. The van der Waals surface area contributed by atoms with Gasteiger partial charge in [-0.15, -0.1) is 0 Å². The molecule has 0 saturated carbocycles. The van der Waals surface area contributed by atoms with Gasteiger partial charge >= 0.3 is 0 Å². The van der Waals surface area contributed by atoms with Gasteiger partial charge in [0.15, 0.2) is 0 Å². The number of nitrogens with two attached hydrogens (primary N) is 1. The van der Waals surface area contributed by atoms with Gasteiger partial charge in [0.05, 0.1) is 12.6 Å². The van der Waals surface area contributed by atoms with Crippen LogP contribution in [0.15, 0.2) is 24.3 Å². The minimum Gasteiger partial charge on any atom is -0.492 e. The molecule has 1 aromatic carbocycles. The lowest BCUT2D eigenvalue weighted by Gasteiger charge is -2.10. The van der Waals surface area contributed by atoms with Crippen LogP contribution in [0.1, 0.15) is 13.8 Å². The van der Waals surface area contributed by atoms with Crippen molar-refractivity contribution in [1.82, 2.24) is 5.32 Å². The van der Waals surface area contributed by atoms with E-state index in [4.69, 9.17) is 10.5 Å². The Hall–Kier alpha value is -2.08. The van der Waals surface area contributed by atoms with Crippen LogP contribution in [-0.4, -0.2) is 31.0 Å². The Morgan fingerprint density at radius 1 is 1.42 bits per heavy atom. The van der Waals surface area contributed by atoms with Crippen LogP contribution in [0, 0.1) is 0 Å². The van der Waals surface area contributed by atoms with Crippen LogP contribution in [0.3, 0.4) is 0 Å². The second-order valence-corrected chi connectivity index (χ2v) is 4.14. The Morgan fingerprint density at radius 3 is 2.79 bits per heavy atom. The zero-order valence-corrected chi connectivity index (χ0v) is 11.1. The zero-order chi connectivity index (χ0) is 14.3. The minimum absolute atomic E-state index is 0.138. The van der Waals surface area contributed by atoms with E-state index in [-0.39, 0.29) is 11.8 Å². The first-order valence-corrected chi connectivity index (χ1v) is 6.03. The number of nitrogens with one attached hydrogen (secondary N) is 2. The molecule has 0 bridgehead atoms. The number of carbonyl (C=O) groups is 2. The molecule has 0 aliphatic rings. The lowest BCUT2D eigenvalue weighted by Crippen LogP contribution is -2.40. The highest BCUT2D eigenvalue weighted by atomic mass is 16.5. The molecule has 0 unspecified atom stereocenters. The van der Waals surface area contributed by atoms with E-state index >= 15 is 0 Å². The quantitative estimate of drug-likeness (QED) is 0.652. The van der Waals surface area contributed by atoms with E-state index in [9.17, 15) is 9.59 Å². The molecule has 0 aliphatic carbocycles. The molecule has 4 N–H and O–H groups in total. The van der Waals surface area contributed by atoms with E-state index in [1.54, 1.807) is 31.2 Å². The number of rotatable bonds is 6. The molecule has 0 spiro atoms. The van der Waals surface area contributed by atoms with Gasteiger partial charge in [-0.2, -0.15) is 0 Å². The number of hydrogen-bond acceptors (Lipinski definition) is 4. The fourth-order valence-electron chi connectivity index (χ4n) is 1.37. The van der Waals surface area contributed by atoms with Crippen LogP contribution >= 0.6 is 0 Å². The molecule has 0 aromatic heterocycles. The molecule has 2 amide bonds. The van der Waals surface area contributed by atoms with Crippen molar-refractivity contribution in [2.24, 2.45) is 5.73 Å². The summed E-state index contributed by atoms with van der Waals surface area (Å²) in [5, 5.41) is 5.30. The summed E-state index contributed by atoms with van der Waals surface area (Å²) in [4.78, 5) is 22.1. The second-order valence-electron chi connectivity index (χ2n) is 4.14. The van der Waals surface area contributed by atoms with E-state index < -0.39 is 6.04 Å². The summed E-state index contributed by atoms with van der Waals surface area (Å²) < 4.78 is 5.45. The predicted molar refractivity (Wildman–Crippen MR) is 72.9 cm³/mol. The molecule has 1 atom stereocenters. The molecular weight excluding hydrogens is 246 g/mol. The molecule has 0 heterocycles.